The lowest BCUT2D eigenvalue weighted by Gasteiger charge is -2.34. The van der Waals surface area contributed by atoms with Crippen molar-refractivity contribution in [3.63, 3.8) is 0 Å². The van der Waals surface area contributed by atoms with E-state index in [0.29, 0.717) is 42.9 Å². The Morgan fingerprint density at radius 3 is 2.40 bits per heavy atom. The highest BCUT2D eigenvalue weighted by Crippen LogP contribution is 2.33. The molecule has 0 saturated carbocycles. The maximum Gasteiger partial charge on any atom is 0.265 e. The smallest absolute Gasteiger partial charge is 0.265 e. The van der Waals surface area contributed by atoms with Crippen LogP contribution in [0, 0.1) is 5.92 Å². The normalized spacial score (nSPS) is 19.5. The number of hydrogen-bond acceptors (Lipinski definition) is 5. The molecule has 2 saturated heterocycles. The first-order valence-corrected chi connectivity index (χ1v) is 10.4. The summed E-state index contributed by atoms with van der Waals surface area (Å²) < 4.78 is 5.50. The third kappa shape index (κ3) is 3.96. The van der Waals surface area contributed by atoms with E-state index in [2.05, 4.69) is 0 Å². The fraction of sp³-hybridized carbons (Fsp3) is 0.524. The third-order valence-electron chi connectivity index (χ3n) is 6.09. The van der Waals surface area contributed by atoms with Gasteiger partial charge < -0.3 is 20.3 Å². The molecule has 0 aromatic heterocycles. The van der Waals surface area contributed by atoms with E-state index >= 15 is 0 Å². The Morgan fingerprint density at radius 1 is 1.03 bits per heavy atom. The highest BCUT2D eigenvalue weighted by Gasteiger charge is 2.32. The van der Waals surface area contributed by atoms with Crippen molar-refractivity contribution in [2.24, 2.45) is 11.7 Å². The van der Waals surface area contributed by atoms with Gasteiger partial charge in [0, 0.05) is 37.7 Å². The molecule has 0 unspecified atom stereocenters. The van der Waals surface area contributed by atoms with Crippen LogP contribution in [0.5, 0.6) is 5.75 Å². The minimum Gasteiger partial charge on any atom is -0.482 e. The first-order valence-electron chi connectivity index (χ1n) is 10.4. The summed E-state index contributed by atoms with van der Waals surface area (Å²) in [4.78, 5) is 54.3. The minimum atomic E-state index is -0.338. The molecule has 0 spiro atoms. The molecule has 0 atom stereocenters. The molecule has 1 aromatic rings. The van der Waals surface area contributed by atoms with Crippen molar-refractivity contribution in [2.45, 2.75) is 25.7 Å². The number of ether oxygens (including phenoxy) is 1. The molecule has 160 valence electrons. The predicted octanol–water partition coefficient (Wildman–Crippen LogP) is 0.372. The fourth-order valence-corrected chi connectivity index (χ4v) is 4.26. The standard InChI is InChI=1S/C21H26N4O5/c22-20(28)14-5-9-23(10-6-14)18(26)12-25-16-11-15(21(29)24-7-1-2-8-24)3-4-17(16)30-13-19(25)27/h3-4,11,14H,1-2,5-10,12-13H2,(H2,22,28). The van der Waals surface area contributed by atoms with E-state index in [-0.39, 0.29) is 42.7 Å². The molecule has 3 aliphatic heterocycles. The number of carbonyl (C=O) groups is 4. The molecule has 0 bridgehead atoms. The van der Waals surface area contributed by atoms with E-state index < -0.39 is 0 Å². The first-order chi connectivity index (χ1) is 14.4. The van der Waals surface area contributed by atoms with Gasteiger partial charge in [-0.25, -0.2) is 0 Å². The third-order valence-corrected chi connectivity index (χ3v) is 6.09. The topological polar surface area (TPSA) is 113 Å². The summed E-state index contributed by atoms with van der Waals surface area (Å²) in [6.45, 7) is 2.06. The number of nitrogens with zero attached hydrogens (tertiary/aromatic N) is 3. The van der Waals surface area contributed by atoms with E-state index in [9.17, 15) is 19.2 Å². The summed E-state index contributed by atoms with van der Waals surface area (Å²) in [5.41, 5.74) is 6.27. The van der Waals surface area contributed by atoms with Gasteiger partial charge in [0.2, 0.25) is 11.8 Å². The van der Waals surface area contributed by atoms with E-state index in [1.54, 1.807) is 28.0 Å². The zero-order valence-corrected chi connectivity index (χ0v) is 16.8. The van der Waals surface area contributed by atoms with Crippen LogP contribution in [0.25, 0.3) is 0 Å². The Bertz CT molecular complexity index is 872. The Balaban J connectivity index is 1.49. The molecule has 2 N–H and O–H groups in total. The van der Waals surface area contributed by atoms with Gasteiger partial charge in [0.1, 0.15) is 12.3 Å². The number of nitrogens with two attached hydrogens (primary N) is 1. The molecule has 0 aliphatic carbocycles. The van der Waals surface area contributed by atoms with Crippen LogP contribution in [0.2, 0.25) is 0 Å². The second kappa shape index (κ2) is 8.33. The number of amides is 4. The van der Waals surface area contributed by atoms with E-state index in [4.69, 9.17) is 10.5 Å². The molecule has 0 radical (unpaired) electrons. The van der Waals surface area contributed by atoms with Crippen LogP contribution in [0.1, 0.15) is 36.0 Å². The lowest BCUT2D eigenvalue weighted by atomic mass is 9.96. The number of carbonyl (C=O) groups excluding carboxylic acids is 4. The van der Waals surface area contributed by atoms with Gasteiger partial charge in [-0.3, -0.25) is 24.1 Å². The maximum atomic E-state index is 12.8. The monoisotopic (exact) mass is 414 g/mol. The van der Waals surface area contributed by atoms with Gasteiger partial charge in [-0.2, -0.15) is 0 Å². The summed E-state index contributed by atoms with van der Waals surface area (Å²) in [5, 5.41) is 0. The van der Waals surface area contributed by atoms with Crippen LogP contribution in [-0.2, 0) is 14.4 Å². The van der Waals surface area contributed by atoms with Crippen LogP contribution in [0.3, 0.4) is 0 Å². The quantitative estimate of drug-likeness (QED) is 0.765. The molecule has 3 heterocycles. The van der Waals surface area contributed by atoms with Crippen LogP contribution in [0.4, 0.5) is 5.69 Å². The second-order valence-electron chi connectivity index (χ2n) is 8.01. The lowest BCUT2D eigenvalue weighted by Crippen LogP contribution is -2.49. The van der Waals surface area contributed by atoms with E-state index in [0.717, 1.165) is 25.9 Å². The number of benzene rings is 1. The van der Waals surface area contributed by atoms with Gasteiger partial charge in [-0.05, 0) is 43.9 Å². The molecule has 2 fully saturated rings. The van der Waals surface area contributed by atoms with Crippen molar-refractivity contribution in [3.8, 4) is 5.75 Å². The molecule has 4 rings (SSSR count). The van der Waals surface area contributed by atoms with Crippen molar-refractivity contribution in [1.29, 1.82) is 0 Å². The van der Waals surface area contributed by atoms with Gasteiger partial charge >= 0.3 is 0 Å². The number of likely N-dealkylation sites (tertiary alicyclic amines) is 2. The van der Waals surface area contributed by atoms with E-state index in [1.807, 2.05) is 0 Å². The lowest BCUT2D eigenvalue weighted by molar-refractivity contribution is -0.134. The molecule has 9 heteroatoms. The number of fused-ring (bicyclic) bond motifs is 1. The van der Waals surface area contributed by atoms with Crippen LogP contribution in [-0.4, -0.2) is 72.8 Å². The summed E-state index contributed by atoms with van der Waals surface area (Å²) in [5.74, 6) is -0.668. The number of hydrogen-bond donors (Lipinski definition) is 1. The summed E-state index contributed by atoms with van der Waals surface area (Å²) in [7, 11) is 0. The Labute approximate surface area is 174 Å². The number of primary amides is 1. The van der Waals surface area contributed by atoms with Crippen molar-refractivity contribution >= 4 is 29.3 Å². The Hall–Kier alpha value is -3.10. The molecule has 1 aromatic carbocycles. The first kappa shape index (κ1) is 20.2. The predicted molar refractivity (Wildman–Crippen MR) is 108 cm³/mol. The van der Waals surface area contributed by atoms with E-state index in [1.165, 1.54) is 4.90 Å². The van der Waals surface area contributed by atoms with Gasteiger partial charge in [0.05, 0.1) is 5.69 Å². The van der Waals surface area contributed by atoms with Gasteiger partial charge in [0.15, 0.2) is 6.61 Å². The molecule has 30 heavy (non-hydrogen) atoms. The second-order valence-corrected chi connectivity index (χ2v) is 8.01. The summed E-state index contributed by atoms with van der Waals surface area (Å²) in [6, 6.07) is 5.02. The minimum absolute atomic E-state index is 0.0758. The van der Waals surface area contributed by atoms with Gasteiger partial charge in [-0.15, -0.1) is 0 Å². The summed E-state index contributed by atoms with van der Waals surface area (Å²) >= 11 is 0. The average molecular weight is 414 g/mol. The van der Waals surface area contributed by atoms with Crippen LogP contribution >= 0.6 is 0 Å². The summed E-state index contributed by atoms with van der Waals surface area (Å²) in [6.07, 6.45) is 3.04. The number of rotatable bonds is 4. The molecule has 4 amide bonds. The average Bonchev–Trinajstić information content (AvgIpc) is 3.30. The molecule has 3 aliphatic rings. The van der Waals surface area contributed by atoms with Crippen molar-refractivity contribution in [3.05, 3.63) is 23.8 Å². The largest absolute Gasteiger partial charge is 0.482 e. The van der Waals surface area contributed by atoms with Gasteiger partial charge in [0.25, 0.3) is 11.8 Å². The SMILES string of the molecule is NC(=O)C1CCN(C(=O)CN2C(=O)COc3ccc(C(=O)N4CCCC4)cc32)CC1. The van der Waals surface area contributed by atoms with Crippen molar-refractivity contribution in [1.82, 2.24) is 9.80 Å². The van der Waals surface area contributed by atoms with Crippen molar-refractivity contribution < 1.29 is 23.9 Å². The Morgan fingerprint density at radius 2 is 1.73 bits per heavy atom. The van der Waals surface area contributed by atoms with Crippen LogP contribution < -0.4 is 15.4 Å². The van der Waals surface area contributed by atoms with Gasteiger partial charge in [-0.1, -0.05) is 0 Å². The molecule has 9 nitrogen and oxygen atoms in total. The Kier molecular flexibility index (Phi) is 5.61. The fourth-order valence-electron chi connectivity index (χ4n) is 4.26. The highest BCUT2D eigenvalue weighted by molar-refractivity contribution is 6.04. The zero-order chi connectivity index (χ0) is 21.3. The van der Waals surface area contributed by atoms with Crippen LogP contribution in [0.15, 0.2) is 18.2 Å². The van der Waals surface area contributed by atoms with Crippen molar-refractivity contribution in [2.75, 3.05) is 44.2 Å². The molecular formula is C21H26N4O5. The number of anilines is 1. The zero-order valence-electron chi connectivity index (χ0n) is 16.8. The maximum absolute atomic E-state index is 12.8. The highest BCUT2D eigenvalue weighted by atomic mass is 16.5. The molecular weight excluding hydrogens is 388 g/mol. The number of piperidine rings is 1.